The fraction of sp³-hybridized carbons (Fsp3) is 0.586. The summed E-state index contributed by atoms with van der Waals surface area (Å²) in [4.78, 5) is 26.1. The van der Waals surface area contributed by atoms with Gasteiger partial charge in [-0.15, -0.1) is 0 Å². The van der Waals surface area contributed by atoms with Crippen molar-refractivity contribution in [2.75, 3.05) is 6.61 Å². The van der Waals surface area contributed by atoms with Gasteiger partial charge in [-0.2, -0.15) is 0 Å². The summed E-state index contributed by atoms with van der Waals surface area (Å²) in [6.07, 6.45) is 70.8. The van der Waals surface area contributed by atoms with Crippen molar-refractivity contribution in [3.8, 4) is 0 Å². The summed E-state index contributed by atoms with van der Waals surface area (Å²) in [6.45, 7) is 6.17. The lowest BCUT2D eigenvalue weighted by molar-refractivity contribution is -0.151. The van der Waals surface area contributed by atoms with Crippen LogP contribution in [0, 0.1) is 0 Å². The van der Waals surface area contributed by atoms with Crippen LogP contribution >= 0.6 is 0 Å². The van der Waals surface area contributed by atoms with Gasteiger partial charge in [-0.3, -0.25) is 9.59 Å². The summed E-state index contributed by atoms with van der Waals surface area (Å²) in [5.74, 6) is -0.597. The van der Waals surface area contributed by atoms with E-state index >= 15 is 0 Å². The van der Waals surface area contributed by atoms with Crippen molar-refractivity contribution in [3.63, 3.8) is 0 Å². The van der Waals surface area contributed by atoms with Crippen LogP contribution in [0.3, 0.4) is 0 Å². The molecule has 3 N–H and O–H groups in total. The van der Waals surface area contributed by atoms with Crippen molar-refractivity contribution < 1.29 is 24.5 Å². The van der Waals surface area contributed by atoms with Gasteiger partial charge in [-0.25, -0.2) is 0 Å². The topological polar surface area (TPSA) is 95.9 Å². The second kappa shape index (κ2) is 50.0. The minimum absolute atomic E-state index is 0.0105. The number of nitrogens with one attached hydrogen (secondary N) is 1. The monoisotopic (exact) mass is 884 g/mol. The van der Waals surface area contributed by atoms with E-state index in [9.17, 15) is 19.8 Å². The lowest BCUT2D eigenvalue weighted by Gasteiger charge is -2.24. The minimum Gasteiger partial charge on any atom is -0.462 e. The number of carbonyl (C=O) groups excluding carboxylic acids is 2. The molecule has 0 heterocycles. The average molecular weight is 884 g/mol. The van der Waals surface area contributed by atoms with Crippen LogP contribution in [-0.4, -0.2) is 46.9 Å². The van der Waals surface area contributed by atoms with Crippen LogP contribution in [0.15, 0.2) is 134 Å². The Bertz CT molecular complexity index is 1410. The molecule has 64 heavy (non-hydrogen) atoms. The normalized spacial score (nSPS) is 14.4. The maximum atomic E-state index is 13.2. The molecule has 1 amide bonds. The van der Waals surface area contributed by atoms with E-state index in [-0.39, 0.29) is 24.9 Å². The first-order valence-electron chi connectivity index (χ1n) is 25.5. The van der Waals surface area contributed by atoms with E-state index < -0.39 is 18.2 Å². The lowest BCUT2D eigenvalue weighted by atomic mass is 10.0. The first kappa shape index (κ1) is 60.0. The van der Waals surface area contributed by atoms with Gasteiger partial charge in [-0.1, -0.05) is 231 Å². The van der Waals surface area contributed by atoms with E-state index in [2.05, 4.69) is 99.0 Å². The Balaban J connectivity index is 4.84. The van der Waals surface area contributed by atoms with E-state index in [1.807, 2.05) is 60.8 Å². The molecular formula is C58H93NO5. The highest BCUT2D eigenvalue weighted by Gasteiger charge is 2.24. The molecule has 0 spiro atoms. The lowest BCUT2D eigenvalue weighted by Crippen LogP contribution is -2.46. The summed E-state index contributed by atoms with van der Waals surface area (Å²) in [5.41, 5.74) is 0. The Morgan fingerprint density at radius 2 is 0.938 bits per heavy atom. The molecule has 0 fully saturated rings. The van der Waals surface area contributed by atoms with Gasteiger partial charge in [0.05, 0.1) is 25.2 Å². The van der Waals surface area contributed by atoms with Crippen molar-refractivity contribution in [1.82, 2.24) is 5.32 Å². The van der Waals surface area contributed by atoms with Crippen LogP contribution in [0.25, 0.3) is 0 Å². The van der Waals surface area contributed by atoms with Crippen molar-refractivity contribution in [1.29, 1.82) is 0 Å². The average Bonchev–Trinajstić information content (AvgIpc) is 3.29. The molecule has 3 atom stereocenters. The van der Waals surface area contributed by atoms with Gasteiger partial charge < -0.3 is 20.3 Å². The fourth-order valence-corrected chi connectivity index (χ4v) is 6.85. The van der Waals surface area contributed by atoms with Gasteiger partial charge in [0.1, 0.15) is 6.10 Å². The fourth-order valence-electron chi connectivity index (χ4n) is 6.85. The Kier molecular flexibility index (Phi) is 46.9. The quantitative estimate of drug-likeness (QED) is 0.0245. The molecule has 0 saturated carbocycles. The van der Waals surface area contributed by atoms with E-state index in [0.29, 0.717) is 19.3 Å². The third-order valence-electron chi connectivity index (χ3n) is 10.6. The number of unbranched alkanes of at least 4 members (excludes halogenated alkanes) is 14. The highest BCUT2D eigenvalue weighted by Crippen LogP contribution is 2.16. The van der Waals surface area contributed by atoms with Gasteiger partial charge >= 0.3 is 5.97 Å². The molecule has 0 rings (SSSR count). The van der Waals surface area contributed by atoms with Gasteiger partial charge in [0.15, 0.2) is 0 Å². The second-order valence-electron chi connectivity index (χ2n) is 16.6. The molecular weight excluding hydrogens is 791 g/mol. The zero-order valence-corrected chi connectivity index (χ0v) is 40.9. The van der Waals surface area contributed by atoms with Crippen molar-refractivity contribution in [3.05, 3.63) is 134 Å². The van der Waals surface area contributed by atoms with Crippen LogP contribution in [-0.2, 0) is 14.3 Å². The molecule has 0 aliphatic heterocycles. The molecule has 0 aliphatic carbocycles. The van der Waals surface area contributed by atoms with Gasteiger partial charge in [0.2, 0.25) is 5.91 Å². The highest BCUT2D eigenvalue weighted by molar-refractivity contribution is 5.77. The molecule has 0 saturated heterocycles. The zero-order valence-electron chi connectivity index (χ0n) is 40.9. The Morgan fingerprint density at radius 3 is 1.47 bits per heavy atom. The Hall–Kier alpha value is -4.00. The van der Waals surface area contributed by atoms with Crippen LogP contribution < -0.4 is 5.32 Å². The predicted octanol–water partition coefficient (Wildman–Crippen LogP) is 15.4. The smallest absolute Gasteiger partial charge is 0.306 e. The number of aliphatic hydroxyl groups is 2. The largest absolute Gasteiger partial charge is 0.462 e. The molecule has 0 aromatic carbocycles. The number of hydrogen-bond donors (Lipinski definition) is 3. The number of aliphatic hydroxyl groups excluding tert-OH is 2. The summed E-state index contributed by atoms with van der Waals surface area (Å²) >= 11 is 0. The SMILES string of the molecule is CC\C=C/C=C/C=C/C=C\C=C\C=C\CCCCCC(=O)OC(CCC/C=C\C/C=C\C/C=C\C/C=C\C/C=C\CC)CC(=O)NC(CO)C(O)CCCCCCCCCCCCC. The third kappa shape index (κ3) is 44.6. The number of allylic oxidation sites excluding steroid dienone is 22. The maximum absolute atomic E-state index is 13.2. The summed E-state index contributed by atoms with van der Waals surface area (Å²) < 4.78 is 5.88. The standard InChI is InChI=1S/C58H93NO5/c1-4-7-10-13-16-19-22-24-26-28-30-32-35-37-40-43-46-49-54(52-57(62)59-55(53-60)56(61)50-47-44-41-38-34-21-18-15-12-9-6-3)64-58(63)51-48-45-42-39-36-33-31-29-27-25-23-20-17-14-11-8-5-2/h7-8,10-11,14,16-17,19-20,23-27,29-33,36-37,40,54-56,60-61H,4-6,9,12-13,15,18,21-22,28,34-35,38-39,41-53H2,1-3H3,(H,59,62)/b10-7-,11-8-,17-14+,19-16-,23-20+,26-24-,27-25-,31-29+,32-30-,36-33+,40-37-. The molecule has 0 aliphatic rings. The van der Waals surface area contributed by atoms with Crippen LogP contribution in [0.1, 0.15) is 194 Å². The van der Waals surface area contributed by atoms with Gasteiger partial charge in [0.25, 0.3) is 0 Å². The summed E-state index contributed by atoms with van der Waals surface area (Å²) in [6, 6.07) is -0.739. The predicted molar refractivity (Wildman–Crippen MR) is 277 cm³/mol. The van der Waals surface area contributed by atoms with E-state index in [1.54, 1.807) is 0 Å². The third-order valence-corrected chi connectivity index (χ3v) is 10.6. The first-order valence-corrected chi connectivity index (χ1v) is 25.5. The maximum Gasteiger partial charge on any atom is 0.306 e. The number of rotatable bonds is 43. The molecule has 6 heteroatoms. The number of esters is 1. The highest BCUT2D eigenvalue weighted by atomic mass is 16.5. The van der Waals surface area contributed by atoms with E-state index in [1.165, 1.54) is 51.4 Å². The van der Waals surface area contributed by atoms with Crippen LogP contribution in [0.5, 0.6) is 0 Å². The Labute approximate surface area is 393 Å². The number of ether oxygens (including phenoxy) is 1. The molecule has 6 nitrogen and oxygen atoms in total. The van der Waals surface area contributed by atoms with E-state index in [4.69, 9.17) is 4.74 Å². The number of hydrogen-bond acceptors (Lipinski definition) is 5. The molecule has 0 aromatic heterocycles. The van der Waals surface area contributed by atoms with Gasteiger partial charge in [0, 0.05) is 6.42 Å². The number of amides is 1. The van der Waals surface area contributed by atoms with Crippen molar-refractivity contribution in [2.24, 2.45) is 0 Å². The van der Waals surface area contributed by atoms with Crippen LogP contribution in [0.2, 0.25) is 0 Å². The molecule has 0 aromatic rings. The minimum atomic E-state index is -0.820. The molecule has 0 bridgehead atoms. The molecule has 360 valence electrons. The van der Waals surface area contributed by atoms with Crippen molar-refractivity contribution >= 4 is 11.9 Å². The zero-order chi connectivity index (χ0) is 46.7. The van der Waals surface area contributed by atoms with Gasteiger partial charge in [-0.05, 0) is 83.5 Å². The van der Waals surface area contributed by atoms with E-state index in [0.717, 1.165) is 96.3 Å². The molecule has 0 radical (unpaired) electrons. The summed E-state index contributed by atoms with van der Waals surface area (Å²) in [7, 11) is 0. The second-order valence-corrected chi connectivity index (χ2v) is 16.6. The number of carbonyl (C=O) groups is 2. The first-order chi connectivity index (χ1) is 31.5. The Morgan fingerprint density at radius 1 is 0.484 bits per heavy atom. The van der Waals surface area contributed by atoms with Crippen LogP contribution in [0.4, 0.5) is 0 Å². The summed E-state index contributed by atoms with van der Waals surface area (Å²) in [5, 5.41) is 23.7. The molecule has 3 unspecified atom stereocenters. The van der Waals surface area contributed by atoms with Crippen molar-refractivity contribution in [2.45, 2.75) is 212 Å².